The van der Waals surface area contributed by atoms with Crippen molar-refractivity contribution in [1.82, 2.24) is 4.90 Å². The number of carbonyl (C=O) groups is 1. The van der Waals surface area contributed by atoms with E-state index in [4.69, 9.17) is 9.52 Å². The first-order valence-electron chi connectivity index (χ1n) is 6.08. The van der Waals surface area contributed by atoms with Gasteiger partial charge in [0, 0.05) is 13.6 Å². The maximum atomic E-state index is 12.2. The van der Waals surface area contributed by atoms with Crippen LogP contribution >= 0.6 is 11.3 Å². The van der Waals surface area contributed by atoms with E-state index in [1.807, 2.05) is 11.4 Å². The summed E-state index contributed by atoms with van der Waals surface area (Å²) in [5.41, 5.74) is 1.61. The molecule has 0 aromatic carbocycles. The van der Waals surface area contributed by atoms with Gasteiger partial charge in [-0.1, -0.05) is 11.8 Å². The number of aryl methyl sites for hydroxylation is 1. The standard InChI is InChI=1S/C15H15NO3S/c1-11-14(5-7-19-11)15(18)16(2)9-12-8-13(20-10-12)4-3-6-17/h5,7-8,10,17H,6,9H2,1-2H3. The van der Waals surface area contributed by atoms with Crippen molar-refractivity contribution in [2.75, 3.05) is 13.7 Å². The minimum Gasteiger partial charge on any atom is -0.469 e. The molecule has 0 bridgehead atoms. The van der Waals surface area contributed by atoms with E-state index in [-0.39, 0.29) is 12.5 Å². The van der Waals surface area contributed by atoms with Crippen LogP contribution in [0.25, 0.3) is 0 Å². The van der Waals surface area contributed by atoms with Crippen molar-refractivity contribution in [2.45, 2.75) is 13.5 Å². The van der Waals surface area contributed by atoms with Crippen molar-refractivity contribution >= 4 is 17.2 Å². The number of thiophene rings is 1. The van der Waals surface area contributed by atoms with E-state index in [9.17, 15) is 4.79 Å². The van der Waals surface area contributed by atoms with Gasteiger partial charge in [0.25, 0.3) is 5.91 Å². The summed E-state index contributed by atoms with van der Waals surface area (Å²) in [5, 5.41) is 10.6. The molecule has 104 valence electrons. The van der Waals surface area contributed by atoms with Gasteiger partial charge in [-0.25, -0.2) is 0 Å². The van der Waals surface area contributed by atoms with Crippen LogP contribution in [0.1, 0.15) is 26.6 Å². The summed E-state index contributed by atoms with van der Waals surface area (Å²) >= 11 is 1.50. The first-order valence-corrected chi connectivity index (χ1v) is 6.96. The van der Waals surface area contributed by atoms with Crippen molar-refractivity contribution in [3.8, 4) is 11.8 Å². The van der Waals surface area contributed by atoms with Crippen molar-refractivity contribution in [3.05, 3.63) is 45.5 Å². The Bertz CT molecular complexity index is 660. The lowest BCUT2D eigenvalue weighted by Crippen LogP contribution is -2.26. The van der Waals surface area contributed by atoms with Gasteiger partial charge in [-0.15, -0.1) is 11.3 Å². The third-order valence-corrected chi connectivity index (χ3v) is 3.69. The second-order valence-corrected chi connectivity index (χ2v) is 5.24. The quantitative estimate of drug-likeness (QED) is 0.882. The number of aliphatic hydroxyl groups is 1. The highest BCUT2D eigenvalue weighted by Gasteiger charge is 2.16. The summed E-state index contributed by atoms with van der Waals surface area (Å²) in [5.74, 6) is 6.02. The van der Waals surface area contributed by atoms with Gasteiger partial charge in [0.05, 0.1) is 16.7 Å². The summed E-state index contributed by atoms with van der Waals surface area (Å²) in [7, 11) is 1.76. The molecular formula is C15H15NO3S. The van der Waals surface area contributed by atoms with Gasteiger partial charge in [-0.05, 0) is 30.0 Å². The third kappa shape index (κ3) is 3.29. The molecule has 0 radical (unpaired) electrons. The fourth-order valence-corrected chi connectivity index (χ4v) is 2.58. The van der Waals surface area contributed by atoms with Gasteiger partial charge >= 0.3 is 0 Å². The van der Waals surface area contributed by atoms with Crippen LogP contribution in [0.3, 0.4) is 0 Å². The van der Waals surface area contributed by atoms with Gasteiger partial charge in [0.1, 0.15) is 12.4 Å². The van der Waals surface area contributed by atoms with E-state index >= 15 is 0 Å². The van der Waals surface area contributed by atoms with E-state index in [1.54, 1.807) is 24.9 Å². The van der Waals surface area contributed by atoms with Gasteiger partial charge in [0.15, 0.2) is 0 Å². The molecule has 0 unspecified atom stereocenters. The van der Waals surface area contributed by atoms with E-state index in [1.165, 1.54) is 17.6 Å². The van der Waals surface area contributed by atoms with Crippen LogP contribution in [0.4, 0.5) is 0 Å². The van der Waals surface area contributed by atoms with Crippen molar-refractivity contribution in [1.29, 1.82) is 0 Å². The molecule has 2 aromatic rings. The molecule has 5 heteroatoms. The smallest absolute Gasteiger partial charge is 0.257 e. The minimum atomic E-state index is -0.147. The Kier molecular flexibility index (Phi) is 4.61. The van der Waals surface area contributed by atoms with Crippen molar-refractivity contribution in [3.63, 3.8) is 0 Å². The first-order chi connectivity index (χ1) is 9.61. The van der Waals surface area contributed by atoms with Crippen molar-refractivity contribution < 1.29 is 14.3 Å². The molecule has 0 aliphatic heterocycles. The summed E-state index contributed by atoms with van der Waals surface area (Å²) < 4.78 is 5.15. The normalized spacial score (nSPS) is 9.95. The molecular weight excluding hydrogens is 274 g/mol. The molecule has 2 aromatic heterocycles. The molecule has 0 aliphatic carbocycles. The molecule has 20 heavy (non-hydrogen) atoms. The van der Waals surface area contributed by atoms with Gasteiger partial charge in [-0.2, -0.15) is 0 Å². The van der Waals surface area contributed by atoms with Crippen molar-refractivity contribution in [2.24, 2.45) is 0 Å². The van der Waals surface area contributed by atoms with Crippen LogP contribution in [0.2, 0.25) is 0 Å². The number of carbonyl (C=O) groups excluding carboxylic acids is 1. The highest BCUT2D eigenvalue weighted by atomic mass is 32.1. The number of hydrogen-bond donors (Lipinski definition) is 1. The first kappa shape index (κ1) is 14.4. The second kappa shape index (κ2) is 6.42. The molecule has 0 aliphatic rings. The molecule has 2 rings (SSSR count). The second-order valence-electron chi connectivity index (χ2n) is 4.33. The lowest BCUT2D eigenvalue weighted by molar-refractivity contribution is 0.0783. The fourth-order valence-electron chi connectivity index (χ4n) is 1.81. The Morgan fingerprint density at radius 1 is 1.55 bits per heavy atom. The number of hydrogen-bond acceptors (Lipinski definition) is 4. The van der Waals surface area contributed by atoms with E-state index in [0.29, 0.717) is 17.9 Å². The number of furan rings is 1. The van der Waals surface area contributed by atoms with Gasteiger partial charge < -0.3 is 14.4 Å². The lowest BCUT2D eigenvalue weighted by atomic mass is 10.2. The monoisotopic (exact) mass is 289 g/mol. The van der Waals surface area contributed by atoms with Crippen LogP contribution in [0, 0.1) is 18.8 Å². The highest BCUT2D eigenvalue weighted by Crippen LogP contribution is 2.17. The Morgan fingerprint density at radius 2 is 2.35 bits per heavy atom. The largest absolute Gasteiger partial charge is 0.469 e. The Labute approximate surface area is 121 Å². The summed E-state index contributed by atoms with van der Waals surface area (Å²) in [6.45, 7) is 2.14. The Hall–Kier alpha value is -2.03. The number of nitrogens with zero attached hydrogens (tertiary/aromatic N) is 1. The van der Waals surface area contributed by atoms with Crippen LogP contribution in [-0.2, 0) is 6.54 Å². The van der Waals surface area contributed by atoms with Crippen LogP contribution in [0.15, 0.2) is 28.2 Å². The number of rotatable bonds is 3. The molecule has 0 spiro atoms. The zero-order valence-corrected chi connectivity index (χ0v) is 12.2. The molecule has 0 saturated carbocycles. The highest BCUT2D eigenvalue weighted by molar-refractivity contribution is 7.10. The van der Waals surface area contributed by atoms with E-state index < -0.39 is 0 Å². The summed E-state index contributed by atoms with van der Waals surface area (Å²) in [4.78, 5) is 14.7. The fraction of sp³-hybridized carbons (Fsp3) is 0.267. The average molecular weight is 289 g/mol. The SMILES string of the molecule is Cc1occc1C(=O)N(C)Cc1csc(C#CCO)c1. The molecule has 0 fully saturated rings. The average Bonchev–Trinajstić information content (AvgIpc) is 3.04. The maximum absolute atomic E-state index is 12.2. The lowest BCUT2D eigenvalue weighted by Gasteiger charge is -2.15. The zero-order valence-electron chi connectivity index (χ0n) is 11.3. The van der Waals surface area contributed by atoms with Crippen LogP contribution in [-0.4, -0.2) is 29.6 Å². The van der Waals surface area contributed by atoms with Gasteiger partial charge in [0.2, 0.25) is 0 Å². The Morgan fingerprint density at radius 3 is 3.00 bits per heavy atom. The molecule has 0 saturated heterocycles. The van der Waals surface area contributed by atoms with E-state index in [2.05, 4.69) is 11.8 Å². The molecule has 2 heterocycles. The predicted molar refractivity (Wildman–Crippen MR) is 77.5 cm³/mol. The molecule has 4 nitrogen and oxygen atoms in total. The summed E-state index contributed by atoms with van der Waals surface area (Å²) in [6.07, 6.45) is 1.52. The van der Waals surface area contributed by atoms with E-state index in [0.717, 1.165) is 10.4 Å². The maximum Gasteiger partial charge on any atom is 0.257 e. The van der Waals surface area contributed by atoms with Gasteiger partial charge in [-0.3, -0.25) is 4.79 Å². The molecule has 0 atom stereocenters. The van der Waals surface area contributed by atoms with Crippen LogP contribution < -0.4 is 0 Å². The molecule has 1 N–H and O–H groups in total. The number of aliphatic hydroxyl groups excluding tert-OH is 1. The number of amides is 1. The topological polar surface area (TPSA) is 53.7 Å². The predicted octanol–water partition coefficient (Wildman–Crippen LogP) is 2.27. The Balaban J connectivity index is 2.04. The van der Waals surface area contributed by atoms with Crippen LogP contribution in [0.5, 0.6) is 0 Å². The summed E-state index contributed by atoms with van der Waals surface area (Å²) in [6, 6.07) is 3.61. The third-order valence-electron chi connectivity index (χ3n) is 2.80. The zero-order chi connectivity index (χ0) is 14.5. The minimum absolute atomic E-state index is 0.0644. The molecule has 1 amide bonds.